The van der Waals surface area contributed by atoms with Gasteiger partial charge in [-0.15, -0.1) is 0 Å². The molecule has 1 rings (SSSR count). The molecule has 0 spiro atoms. The quantitative estimate of drug-likeness (QED) is 0.548. The van der Waals surface area contributed by atoms with E-state index in [1.54, 1.807) is 12.1 Å². The third kappa shape index (κ3) is 4.61. The second-order valence-corrected chi connectivity index (χ2v) is 3.29. The average Bonchev–Trinajstić information content (AvgIpc) is 2.29. The Labute approximate surface area is 90.4 Å². The van der Waals surface area contributed by atoms with Gasteiger partial charge in [-0.2, -0.15) is 0 Å². The molecule has 15 heavy (non-hydrogen) atoms. The molecule has 0 bridgehead atoms. The number of nitrogens with one attached hydrogen (secondary N) is 1. The van der Waals surface area contributed by atoms with Crippen LogP contribution in [0.15, 0.2) is 24.3 Å². The zero-order valence-corrected chi connectivity index (χ0v) is 9.03. The fourth-order valence-corrected chi connectivity index (χ4v) is 1.22. The topological polar surface area (TPSA) is 38.3 Å². The predicted molar refractivity (Wildman–Crippen MR) is 60.5 cm³/mol. The molecule has 0 saturated carbocycles. The van der Waals surface area contributed by atoms with Gasteiger partial charge in [-0.25, -0.2) is 0 Å². The van der Waals surface area contributed by atoms with E-state index < -0.39 is 0 Å². The highest BCUT2D eigenvalue weighted by atomic mass is 16.5. The number of aldehydes is 1. The van der Waals surface area contributed by atoms with Crippen LogP contribution in [0.5, 0.6) is 5.75 Å². The van der Waals surface area contributed by atoms with Gasteiger partial charge in [0.1, 0.15) is 18.6 Å². The molecule has 0 heterocycles. The molecular weight excluding hydrogens is 190 g/mol. The largest absolute Gasteiger partial charge is 0.492 e. The zero-order chi connectivity index (χ0) is 10.9. The van der Waals surface area contributed by atoms with Crippen molar-refractivity contribution in [3.05, 3.63) is 29.8 Å². The summed E-state index contributed by atoms with van der Waals surface area (Å²) in [4.78, 5) is 10.5. The smallest absolute Gasteiger partial charge is 0.150 e. The molecule has 0 unspecified atom stereocenters. The van der Waals surface area contributed by atoms with Gasteiger partial charge in [-0.3, -0.25) is 4.79 Å². The van der Waals surface area contributed by atoms with E-state index in [2.05, 4.69) is 12.2 Å². The average molecular weight is 207 g/mol. The van der Waals surface area contributed by atoms with E-state index in [0.717, 1.165) is 31.5 Å². The number of benzene rings is 1. The summed E-state index contributed by atoms with van der Waals surface area (Å²) in [5.41, 5.74) is 0.647. The molecule has 0 aromatic heterocycles. The standard InChI is InChI=1S/C12H17NO2/c1-2-6-13-7-8-15-12-5-3-4-11(9-12)10-14/h3-5,9-10,13H,2,6-8H2,1H3. The number of hydrogen-bond acceptors (Lipinski definition) is 3. The van der Waals surface area contributed by atoms with Gasteiger partial charge in [-0.1, -0.05) is 19.1 Å². The Morgan fingerprint density at radius 1 is 1.40 bits per heavy atom. The molecule has 3 nitrogen and oxygen atoms in total. The highest BCUT2D eigenvalue weighted by Crippen LogP contribution is 2.11. The van der Waals surface area contributed by atoms with E-state index in [-0.39, 0.29) is 0 Å². The highest BCUT2D eigenvalue weighted by Gasteiger charge is 1.95. The molecule has 1 aromatic rings. The summed E-state index contributed by atoms with van der Waals surface area (Å²) in [5.74, 6) is 0.748. The molecule has 0 fully saturated rings. The van der Waals surface area contributed by atoms with Crippen molar-refractivity contribution in [2.75, 3.05) is 19.7 Å². The van der Waals surface area contributed by atoms with Crippen LogP contribution >= 0.6 is 0 Å². The Morgan fingerprint density at radius 2 is 2.27 bits per heavy atom. The molecule has 0 amide bonds. The van der Waals surface area contributed by atoms with E-state index in [1.807, 2.05) is 12.1 Å². The molecule has 0 radical (unpaired) electrons. The number of carbonyl (C=O) groups excluding carboxylic acids is 1. The van der Waals surface area contributed by atoms with E-state index in [9.17, 15) is 4.79 Å². The summed E-state index contributed by atoms with van der Waals surface area (Å²) in [6, 6.07) is 7.17. The lowest BCUT2D eigenvalue weighted by molar-refractivity contribution is 0.112. The summed E-state index contributed by atoms with van der Waals surface area (Å²) in [7, 11) is 0. The van der Waals surface area contributed by atoms with E-state index in [4.69, 9.17) is 4.74 Å². The Morgan fingerprint density at radius 3 is 3.00 bits per heavy atom. The van der Waals surface area contributed by atoms with Crippen LogP contribution in [0.2, 0.25) is 0 Å². The molecule has 1 aromatic carbocycles. The first-order valence-corrected chi connectivity index (χ1v) is 5.25. The normalized spacial score (nSPS) is 9.93. The van der Waals surface area contributed by atoms with Gasteiger partial charge >= 0.3 is 0 Å². The minimum atomic E-state index is 0.627. The maximum absolute atomic E-state index is 10.5. The van der Waals surface area contributed by atoms with Gasteiger partial charge in [0, 0.05) is 12.1 Å². The lowest BCUT2D eigenvalue weighted by Crippen LogP contribution is -2.21. The summed E-state index contributed by atoms with van der Waals surface area (Å²) in [6.07, 6.45) is 1.95. The molecule has 3 heteroatoms. The van der Waals surface area contributed by atoms with Gasteiger partial charge in [0.25, 0.3) is 0 Å². The highest BCUT2D eigenvalue weighted by molar-refractivity contribution is 5.75. The van der Waals surface area contributed by atoms with Crippen LogP contribution in [0.4, 0.5) is 0 Å². The second-order valence-electron chi connectivity index (χ2n) is 3.29. The summed E-state index contributed by atoms with van der Waals surface area (Å²) in [6.45, 7) is 4.60. The van der Waals surface area contributed by atoms with Crippen LogP contribution in [-0.2, 0) is 0 Å². The van der Waals surface area contributed by atoms with Crippen molar-refractivity contribution in [2.45, 2.75) is 13.3 Å². The van der Waals surface area contributed by atoms with Crippen LogP contribution in [0.1, 0.15) is 23.7 Å². The van der Waals surface area contributed by atoms with Crippen molar-refractivity contribution in [3.63, 3.8) is 0 Å². The molecule has 0 aliphatic heterocycles. The Hall–Kier alpha value is -1.35. The summed E-state index contributed by atoms with van der Waals surface area (Å²) >= 11 is 0. The Kier molecular flexibility index (Phi) is 5.48. The van der Waals surface area contributed by atoms with Crippen LogP contribution in [0.3, 0.4) is 0 Å². The summed E-state index contributed by atoms with van der Waals surface area (Å²) in [5, 5.41) is 3.24. The SMILES string of the molecule is CCCNCCOc1cccc(C=O)c1. The van der Waals surface area contributed by atoms with Crippen molar-refractivity contribution in [1.29, 1.82) is 0 Å². The lowest BCUT2D eigenvalue weighted by atomic mass is 10.2. The van der Waals surface area contributed by atoms with E-state index in [0.29, 0.717) is 12.2 Å². The van der Waals surface area contributed by atoms with Crippen LogP contribution in [0, 0.1) is 0 Å². The maximum atomic E-state index is 10.5. The minimum Gasteiger partial charge on any atom is -0.492 e. The van der Waals surface area contributed by atoms with Crippen LogP contribution in [-0.4, -0.2) is 26.0 Å². The van der Waals surface area contributed by atoms with Gasteiger partial charge in [0.05, 0.1) is 0 Å². The first-order chi connectivity index (χ1) is 7.36. The van der Waals surface area contributed by atoms with Crippen molar-refractivity contribution in [1.82, 2.24) is 5.32 Å². The molecule has 1 N–H and O–H groups in total. The molecule has 0 aliphatic carbocycles. The molecular formula is C12H17NO2. The fourth-order valence-electron chi connectivity index (χ4n) is 1.22. The first-order valence-electron chi connectivity index (χ1n) is 5.25. The lowest BCUT2D eigenvalue weighted by Gasteiger charge is -2.06. The third-order valence-electron chi connectivity index (χ3n) is 1.97. The molecule has 0 aliphatic rings. The molecule has 0 atom stereocenters. The third-order valence-corrected chi connectivity index (χ3v) is 1.97. The van der Waals surface area contributed by atoms with Crippen molar-refractivity contribution in [3.8, 4) is 5.75 Å². The number of carbonyl (C=O) groups is 1. The number of ether oxygens (including phenoxy) is 1. The van der Waals surface area contributed by atoms with Crippen molar-refractivity contribution >= 4 is 6.29 Å². The van der Waals surface area contributed by atoms with Crippen molar-refractivity contribution < 1.29 is 9.53 Å². The maximum Gasteiger partial charge on any atom is 0.150 e. The van der Waals surface area contributed by atoms with Crippen LogP contribution < -0.4 is 10.1 Å². The second kappa shape index (κ2) is 7.01. The number of rotatable bonds is 7. The van der Waals surface area contributed by atoms with Crippen LogP contribution in [0.25, 0.3) is 0 Å². The Balaban J connectivity index is 2.27. The fraction of sp³-hybridized carbons (Fsp3) is 0.417. The predicted octanol–water partition coefficient (Wildman–Crippen LogP) is 1.88. The van der Waals surface area contributed by atoms with Gasteiger partial charge in [0.15, 0.2) is 0 Å². The summed E-state index contributed by atoms with van der Waals surface area (Å²) < 4.78 is 5.47. The monoisotopic (exact) mass is 207 g/mol. The number of hydrogen-bond donors (Lipinski definition) is 1. The zero-order valence-electron chi connectivity index (χ0n) is 9.03. The molecule has 0 saturated heterocycles. The van der Waals surface area contributed by atoms with Gasteiger partial charge in [0.2, 0.25) is 0 Å². The van der Waals surface area contributed by atoms with Gasteiger partial charge in [-0.05, 0) is 25.1 Å². The van der Waals surface area contributed by atoms with Crippen molar-refractivity contribution in [2.24, 2.45) is 0 Å². The first kappa shape index (κ1) is 11.7. The Bertz CT molecular complexity index is 299. The minimum absolute atomic E-state index is 0.627. The molecule has 82 valence electrons. The van der Waals surface area contributed by atoms with E-state index >= 15 is 0 Å². The van der Waals surface area contributed by atoms with Gasteiger partial charge < -0.3 is 10.1 Å². The van der Waals surface area contributed by atoms with E-state index in [1.165, 1.54) is 0 Å².